The summed E-state index contributed by atoms with van der Waals surface area (Å²) in [7, 11) is 0. The second-order valence-corrected chi connectivity index (χ2v) is 13.6. The van der Waals surface area contributed by atoms with Gasteiger partial charge in [-0.1, -0.05) is 13.8 Å². The van der Waals surface area contributed by atoms with E-state index in [4.69, 9.17) is 23.7 Å². The van der Waals surface area contributed by atoms with Gasteiger partial charge < -0.3 is 39.0 Å². The molecule has 5 saturated heterocycles. The Morgan fingerprint density at radius 3 is 2.60 bits per heavy atom. The zero-order chi connectivity index (χ0) is 28.7. The summed E-state index contributed by atoms with van der Waals surface area (Å²) in [6, 6.07) is 0. The molecule has 0 aromatic carbocycles. The van der Waals surface area contributed by atoms with Crippen molar-refractivity contribution in [2.75, 3.05) is 6.61 Å². The number of carbonyl (C=O) groups is 3. The van der Waals surface area contributed by atoms with Gasteiger partial charge in [0.25, 0.3) is 0 Å². The minimum absolute atomic E-state index is 0.0228. The highest BCUT2D eigenvalue weighted by Crippen LogP contribution is 2.71. The van der Waals surface area contributed by atoms with Gasteiger partial charge in [-0.3, -0.25) is 9.59 Å². The summed E-state index contributed by atoms with van der Waals surface area (Å²) in [5.41, 5.74) is -4.09. The van der Waals surface area contributed by atoms with E-state index < -0.39 is 75.7 Å². The molecule has 0 aromatic rings. The molecule has 6 aliphatic heterocycles. The van der Waals surface area contributed by atoms with Crippen molar-refractivity contribution < 1.29 is 53.4 Å². The average Bonchev–Trinajstić information content (AvgIpc) is 3.53. The number of carbonyl (C=O) groups excluding carboxylic acids is 3. The van der Waals surface area contributed by atoms with Gasteiger partial charge in [-0.2, -0.15) is 0 Å². The van der Waals surface area contributed by atoms with Crippen LogP contribution in [0.4, 0.5) is 0 Å². The fourth-order valence-electron chi connectivity index (χ4n) is 9.30. The Labute approximate surface area is 231 Å². The lowest BCUT2D eigenvalue weighted by molar-refractivity contribution is -0.361. The number of hydrogen-bond donors (Lipinski definition) is 3. The minimum atomic E-state index is -2.21. The SMILES string of the molecule is CC1=CC(=C[C@@H](C)C(=O)[C@]2(C)CC[C@]34C[C@]56OC(=O)C[C@H]5O[C@@](C)(CO)[C@H]6[C@@H]5C[C@H]3[C@@](O)(O5)[C@@](O)(C2)O4)OC1=O. The molecule has 0 amide bonds. The molecule has 0 unspecified atom stereocenters. The Morgan fingerprint density at radius 2 is 1.93 bits per heavy atom. The lowest BCUT2D eigenvalue weighted by Gasteiger charge is -2.46. The van der Waals surface area contributed by atoms with E-state index in [0.29, 0.717) is 30.6 Å². The summed E-state index contributed by atoms with van der Waals surface area (Å²) in [4.78, 5) is 38.3. The lowest BCUT2D eigenvalue weighted by atomic mass is 9.63. The highest BCUT2D eigenvalue weighted by molar-refractivity contribution is 5.93. The number of allylic oxidation sites excluding steroid dienone is 2. The summed E-state index contributed by atoms with van der Waals surface area (Å²) in [5.74, 6) is -6.96. The van der Waals surface area contributed by atoms with Gasteiger partial charge in [-0.25, -0.2) is 4.79 Å². The third kappa shape index (κ3) is 3.13. The molecule has 40 heavy (non-hydrogen) atoms. The van der Waals surface area contributed by atoms with Crippen molar-refractivity contribution in [2.45, 2.75) is 107 Å². The van der Waals surface area contributed by atoms with Crippen LogP contribution in [0.1, 0.15) is 66.2 Å². The Morgan fingerprint density at radius 1 is 1.18 bits per heavy atom. The fourth-order valence-corrected chi connectivity index (χ4v) is 9.30. The van der Waals surface area contributed by atoms with Crippen LogP contribution in [0.15, 0.2) is 23.5 Å². The van der Waals surface area contributed by atoms with Gasteiger partial charge in [0.2, 0.25) is 11.6 Å². The third-order valence-corrected chi connectivity index (χ3v) is 10.9. The number of ketones is 1. The predicted molar refractivity (Wildman–Crippen MR) is 133 cm³/mol. The molecule has 1 aliphatic carbocycles. The molecule has 11 nitrogen and oxygen atoms in total. The molecule has 7 rings (SSSR count). The van der Waals surface area contributed by atoms with Crippen LogP contribution in [-0.4, -0.2) is 80.2 Å². The lowest BCUT2D eigenvalue weighted by Crippen LogP contribution is -2.60. The van der Waals surface area contributed by atoms with Gasteiger partial charge in [0, 0.05) is 29.7 Å². The molecule has 3 N–H and O–H groups in total. The maximum Gasteiger partial charge on any atom is 0.339 e. The van der Waals surface area contributed by atoms with Crippen molar-refractivity contribution in [2.24, 2.45) is 23.2 Å². The van der Waals surface area contributed by atoms with E-state index >= 15 is 0 Å². The molecule has 11 heteroatoms. The molecule has 0 aromatic heterocycles. The van der Waals surface area contributed by atoms with E-state index in [2.05, 4.69) is 0 Å². The number of aliphatic hydroxyl groups excluding tert-OH is 1. The van der Waals surface area contributed by atoms with Crippen LogP contribution in [0, 0.1) is 23.2 Å². The monoisotopic (exact) mass is 560 g/mol. The topological polar surface area (TPSA) is 158 Å². The maximum atomic E-state index is 13.9. The van der Waals surface area contributed by atoms with Gasteiger partial charge in [-0.05, 0) is 45.3 Å². The van der Waals surface area contributed by atoms with E-state index in [9.17, 15) is 29.7 Å². The van der Waals surface area contributed by atoms with Crippen LogP contribution < -0.4 is 0 Å². The van der Waals surface area contributed by atoms with Crippen molar-refractivity contribution >= 4 is 17.7 Å². The van der Waals surface area contributed by atoms with Gasteiger partial charge in [0.1, 0.15) is 23.2 Å². The van der Waals surface area contributed by atoms with Gasteiger partial charge in [0.15, 0.2) is 0 Å². The van der Waals surface area contributed by atoms with Crippen LogP contribution >= 0.6 is 0 Å². The maximum absolute atomic E-state index is 13.9. The van der Waals surface area contributed by atoms with Crippen molar-refractivity contribution in [3.63, 3.8) is 0 Å². The normalized spacial score (nSPS) is 53.9. The van der Waals surface area contributed by atoms with Gasteiger partial charge in [0.05, 0.1) is 42.2 Å². The predicted octanol–water partition coefficient (Wildman–Crippen LogP) is 1.18. The number of ether oxygens (including phenoxy) is 5. The Balaban J connectivity index is 1.27. The van der Waals surface area contributed by atoms with Crippen LogP contribution in [-0.2, 0) is 38.1 Å². The molecular formula is C29H36O11. The number of esters is 2. The molecule has 2 spiro atoms. The minimum Gasteiger partial charge on any atom is -0.456 e. The summed E-state index contributed by atoms with van der Waals surface area (Å²) < 4.78 is 30.4. The molecule has 1 saturated carbocycles. The highest BCUT2D eigenvalue weighted by atomic mass is 16.8. The second-order valence-electron chi connectivity index (χ2n) is 13.6. The van der Waals surface area contributed by atoms with Crippen molar-refractivity contribution in [3.8, 4) is 0 Å². The average molecular weight is 561 g/mol. The molecule has 6 fully saturated rings. The first-order chi connectivity index (χ1) is 18.6. The molecule has 218 valence electrons. The Hall–Kier alpha value is -2.15. The molecule has 6 heterocycles. The van der Waals surface area contributed by atoms with E-state index in [-0.39, 0.29) is 31.7 Å². The van der Waals surface area contributed by atoms with E-state index in [1.165, 1.54) is 0 Å². The number of Topliss-reactive ketones (excluding diaryl/α,β-unsaturated/α-hetero) is 1. The molecular weight excluding hydrogens is 524 g/mol. The van der Waals surface area contributed by atoms with E-state index in [1.807, 2.05) is 0 Å². The van der Waals surface area contributed by atoms with Gasteiger partial charge >= 0.3 is 11.9 Å². The largest absolute Gasteiger partial charge is 0.456 e. The summed E-state index contributed by atoms with van der Waals surface area (Å²) in [6.45, 7) is 6.52. The first-order valence-corrected chi connectivity index (χ1v) is 14.1. The van der Waals surface area contributed by atoms with Crippen molar-refractivity contribution in [3.05, 3.63) is 23.5 Å². The first-order valence-electron chi connectivity index (χ1n) is 14.1. The summed E-state index contributed by atoms with van der Waals surface area (Å²) >= 11 is 0. The quantitative estimate of drug-likeness (QED) is 0.424. The fraction of sp³-hybridized carbons (Fsp3) is 0.759. The zero-order valence-electron chi connectivity index (χ0n) is 23.1. The number of fused-ring (bicyclic) bond motifs is 4. The van der Waals surface area contributed by atoms with Crippen molar-refractivity contribution in [1.29, 1.82) is 0 Å². The summed E-state index contributed by atoms with van der Waals surface area (Å²) in [5, 5.41) is 34.6. The third-order valence-electron chi connectivity index (χ3n) is 10.9. The molecule has 0 radical (unpaired) electrons. The molecule has 7 aliphatic rings. The number of hydrogen-bond acceptors (Lipinski definition) is 11. The Bertz CT molecular complexity index is 1290. The molecule has 11 atom stereocenters. The number of rotatable bonds is 4. The zero-order valence-corrected chi connectivity index (χ0v) is 23.1. The van der Waals surface area contributed by atoms with Gasteiger partial charge in [-0.15, -0.1) is 0 Å². The smallest absolute Gasteiger partial charge is 0.339 e. The number of aliphatic hydroxyl groups is 3. The Kier molecular flexibility index (Phi) is 5.22. The van der Waals surface area contributed by atoms with E-state index in [0.717, 1.165) is 0 Å². The number of cyclic esters (lactones) is 1. The van der Waals surface area contributed by atoms with E-state index in [1.54, 1.807) is 39.8 Å². The summed E-state index contributed by atoms with van der Waals surface area (Å²) in [6.07, 6.45) is 2.76. The van der Waals surface area contributed by atoms with Crippen LogP contribution in [0.25, 0.3) is 0 Å². The van der Waals surface area contributed by atoms with Crippen LogP contribution in [0.2, 0.25) is 0 Å². The van der Waals surface area contributed by atoms with Crippen molar-refractivity contribution in [1.82, 2.24) is 0 Å². The van der Waals surface area contributed by atoms with Crippen LogP contribution in [0.5, 0.6) is 0 Å². The standard InChI is InChI=1S/C29H36O11/c1-14(7-16-8-15(2)23(33)36-16)22(32)24(3)5-6-26-12-27-19(10-20(31)39-27)38-25(4,13-30)21(27)17-9-18(26)29(35,37-17)28(34,11-24)40-26/h7-8,14,17-19,21,30,34-35H,5-6,9-13H2,1-4H3/t14-,17+,18-,19-,21-,24-,25+,26+,27+,28-,29-/m1/s1. The highest BCUT2D eigenvalue weighted by Gasteiger charge is 2.84. The van der Waals surface area contributed by atoms with Crippen LogP contribution in [0.3, 0.4) is 0 Å². The molecule has 4 bridgehead atoms. The second kappa shape index (κ2) is 7.81. The first kappa shape index (κ1) is 26.7.